The van der Waals surface area contributed by atoms with E-state index in [2.05, 4.69) is 11.0 Å². The smallest absolute Gasteiger partial charge is 0.243 e. The van der Waals surface area contributed by atoms with Crippen LogP contribution in [0.4, 0.5) is 13.2 Å². The highest BCUT2D eigenvalue weighted by Crippen LogP contribution is 2.29. The number of piperazine rings is 1. The van der Waals surface area contributed by atoms with Crippen molar-refractivity contribution < 1.29 is 22.8 Å². The maximum Gasteiger partial charge on any atom is 0.243 e. The highest BCUT2D eigenvalue weighted by molar-refractivity contribution is 5.99. The molecule has 0 bridgehead atoms. The summed E-state index contributed by atoms with van der Waals surface area (Å²) in [6.45, 7) is 3.22. The second-order valence-electron chi connectivity index (χ2n) is 10.5. The summed E-state index contributed by atoms with van der Waals surface area (Å²) in [7, 11) is 0. The van der Waals surface area contributed by atoms with Crippen LogP contribution in [0.5, 0.6) is 0 Å². The number of rotatable bonds is 9. The van der Waals surface area contributed by atoms with E-state index < -0.39 is 0 Å². The van der Waals surface area contributed by atoms with Crippen molar-refractivity contribution in [2.24, 2.45) is 5.92 Å². The normalized spacial score (nSPS) is 17.5. The van der Waals surface area contributed by atoms with Crippen molar-refractivity contribution in [1.29, 1.82) is 0 Å². The summed E-state index contributed by atoms with van der Waals surface area (Å²) in [6.07, 6.45) is 3.80. The molecule has 3 aromatic rings. The van der Waals surface area contributed by atoms with Crippen LogP contribution in [0.2, 0.25) is 0 Å². The zero-order chi connectivity index (χ0) is 28.1. The van der Waals surface area contributed by atoms with Crippen LogP contribution < -0.4 is 0 Å². The summed E-state index contributed by atoms with van der Waals surface area (Å²) in [5.41, 5.74) is 3.16. The van der Waals surface area contributed by atoms with Crippen LogP contribution in [0, 0.1) is 23.4 Å². The molecular weight excluding hydrogens is 586 g/mol. The van der Waals surface area contributed by atoms with E-state index in [0.717, 1.165) is 42.8 Å². The van der Waals surface area contributed by atoms with Gasteiger partial charge in [0, 0.05) is 25.2 Å². The lowest BCUT2D eigenvalue weighted by molar-refractivity contribution is -0.151. The minimum Gasteiger partial charge on any atom is -0.303 e. The van der Waals surface area contributed by atoms with E-state index in [1.165, 1.54) is 35.2 Å². The average molecular weight is 621 g/mol. The van der Waals surface area contributed by atoms with Crippen molar-refractivity contribution in [2.45, 2.75) is 19.4 Å². The third-order valence-corrected chi connectivity index (χ3v) is 7.55. The molecule has 5 nitrogen and oxygen atoms in total. The summed E-state index contributed by atoms with van der Waals surface area (Å²) in [5.74, 6) is -1.20. The molecule has 2 saturated heterocycles. The highest BCUT2D eigenvalue weighted by atomic mass is 35.5. The Kier molecular flexibility index (Phi) is 12.2. The standard InChI is InChI=1S/C32H32F3N3O2.2ClH/c33-27-10-6-24(7-11-27)29(25-8-12-28(34)13-9-25)18-23-14-17-36(19-23)15-3-16-38-31(39)21-37(22-32(38)40)20-26-4-1-2-5-30(26)35;;/h1-2,4-13,18,23H,3,14-17,19-22H2;2*1H. The Morgan fingerprint density at radius 2 is 1.33 bits per heavy atom. The van der Waals surface area contributed by atoms with Gasteiger partial charge in [-0.3, -0.25) is 19.4 Å². The lowest BCUT2D eigenvalue weighted by atomic mass is 9.93. The van der Waals surface area contributed by atoms with Crippen LogP contribution in [0.25, 0.3) is 5.57 Å². The van der Waals surface area contributed by atoms with Gasteiger partial charge >= 0.3 is 0 Å². The van der Waals surface area contributed by atoms with E-state index >= 15 is 0 Å². The van der Waals surface area contributed by atoms with E-state index in [1.54, 1.807) is 47.4 Å². The summed E-state index contributed by atoms with van der Waals surface area (Å²) < 4.78 is 41.1. The second-order valence-corrected chi connectivity index (χ2v) is 10.5. The maximum absolute atomic E-state index is 14.0. The van der Waals surface area contributed by atoms with Crippen molar-refractivity contribution >= 4 is 42.2 Å². The largest absolute Gasteiger partial charge is 0.303 e. The molecule has 3 aromatic carbocycles. The van der Waals surface area contributed by atoms with Gasteiger partial charge in [-0.05, 0) is 78.9 Å². The Morgan fingerprint density at radius 1 is 0.762 bits per heavy atom. The maximum atomic E-state index is 14.0. The third-order valence-electron chi connectivity index (χ3n) is 7.55. The van der Waals surface area contributed by atoms with Crippen molar-refractivity contribution in [3.63, 3.8) is 0 Å². The number of carbonyl (C=O) groups is 2. The molecule has 2 amide bonds. The van der Waals surface area contributed by atoms with Gasteiger partial charge in [0.1, 0.15) is 17.5 Å². The lowest BCUT2D eigenvalue weighted by Crippen LogP contribution is -2.54. The zero-order valence-corrected chi connectivity index (χ0v) is 24.7. The van der Waals surface area contributed by atoms with E-state index in [0.29, 0.717) is 18.5 Å². The molecule has 224 valence electrons. The van der Waals surface area contributed by atoms with Gasteiger partial charge in [0.15, 0.2) is 0 Å². The predicted octanol–water partition coefficient (Wildman–Crippen LogP) is 5.96. The van der Waals surface area contributed by atoms with Gasteiger partial charge in [-0.1, -0.05) is 48.5 Å². The Balaban J connectivity index is 0.00000242. The summed E-state index contributed by atoms with van der Waals surface area (Å²) in [4.78, 5) is 30.7. The first kappa shape index (κ1) is 33.3. The first-order valence-electron chi connectivity index (χ1n) is 13.6. The highest BCUT2D eigenvalue weighted by Gasteiger charge is 2.31. The molecule has 10 heteroatoms. The van der Waals surface area contributed by atoms with Gasteiger partial charge < -0.3 is 4.90 Å². The minimum absolute atomic E-state index is 0. The molecular formula is C32H34Cl2F3N3O2. The molecule has 2 heterocycles. The van der Waals surface area contributed by atoms with Crippen LogP contribution in [0.15, 0.2) is 78.9 Å². The number of hydrogen-bond donors (Lipinski definition) is 0. The zero-order valence-electron chi connectivity index (χ0n) is 23.1. The molecule has 5 rings (SSSR count). The Bertz CT molecular complexity index is 1320. The molecule has 0 N–H and O–H groups in total. The first-order chi connectivity index (χ1) is 19.4. The predicted molar refractivity (Wildman–Crippen MR) is 162 cm³/mol. The van der Waals surface area contributed by atoms with E-state index in [-0.39, 0.29) is 79.6 Å². The number of carbonyl (C=O) groups excluding carboxylic acids is 2. The van der Waals surface area contributed by atoms with Gasteiger partial charge in [0.25, 0.3) is 0 Å². The fourth-order valence-corrected chi connectivity index (χ4v) is 5.48. The SMILES string of the molecule is Cl.Cl.O=C1CN(Cc2ccccc2F)CC(=O)N1CCCN1CCC(C=C(c2ccc(F)cc2)c2ccc(F)cc2)C1. The van der Waals surface area contributed by atoms with Crippen LogP contribution in [-0.4, -0.2) is 65.8 Å². The number of imide groups is 1. The number of likely N-dealkylation sites (tertiary alicyclic amines) is 1. The molecule has 2 aliphatic rings. The fraction of sp³-hybridized carbons (Fsp3) is 0.312. The van der Waals surface area contributed by atoms with E-state index in [9.17, 15) is 22.8 Å². The summed E-state index contributed by atoms with van der Waals surface area (Å²) in [5, 5.41) is 0. The van der Waals surface area contributed by atoms with Crippen molar-refractivity contribution in [3.05, 3.63) is 113 Å². The van der Waals surface area contributed by atoms with Gasteiger partial charge in [-0.25, -0.2) is 13.2 Å². The lowest BCUT2D eigenvalue weighted by Gasteiger charge is -2.33. The molecule has 0 spiro atoms. The molecule has 0 saturated carbocycles. The van der Waals surface area contributed by atoms with E-state index in [1.807, 2.05) is 0 Å². The molecule has 1 unspecified atom stereocenters. The number of benzene rings is 3. The molecule has 2 fully saturated rings. The molecule has 1 atom stereocenters. The Labute approximate surface area is 256 Å². The van der Waals surface area contributed by atoms with E-state index in [4.69, 9.17) is 0 Å². The van der Waals surface area contributed by atoms with Crippen molar-refractivity contribution in [2.75, 3.05) is 39.3 Å². The number of halogens is 5. The van der Waals surface area contributed by atoms with Gasteiger partial charge in [-0.15, -0.1) is 24.8 Å². The number of hydrogen-bond acceptors (Lipinski definition) is 4. The van der Waals surface area contributed by atoms with Crippen molar-refractivity contribution in [1.82, 2.24) is 14.7 Å². The topological polar surface area (TPSA) is 43.9 Å². The minimum atomic E-state index is -0.342. The molecule has 0 radical (unpaired) electrons. The van der Waals surface area contributed by atoms with Gasteiger partial charge in [0.05, 0.1) is 13.1 Å². The summed E-state index contributed by atoms with van der Waals surface area (Å²) >= 11 is 0. The number of nitrogens with zero attached hydrogens (tertiary/aromatic N) is 3. The van der Waals surface area contributed by atoms with Crippen LogP contribution in [-0.2, 0) is 16.1 Å². The van der Waals surface area contributed by atoms with Crippen LogP contribution >= 0.6 is 24.8 Å². The molecule has 42 heavy (non-hydrogen) atoms. The van der Waals surface area contributed by atoms with Gasteiger partial charge in [-0.2, -0.15) is 0 Å². The fourth-order valence-electron chi connectivity index (χ4n) is 5.48. The van der Waals surface area contributed by atoms with Gasteiger partial charge in [0.2, 0.25) is 11.8 Å². The number of amides is 2. The molecule has 2 aliphatic heterocycles. The summed E-state index contributed by atoms with van der Waals surface area (Å²) in [6, 6.07) is 19.0. The Hall–Kier alpha value is -3.17. The third kappa shape index (κ3) is 8.44. The molecule has 0 aromatic heterocycles. The molecule has 0 aliphatic carbocycles. The van der Waals surface area contributed by atoms with Crippen LogP contribution in [0.3, 0.4) is 0 Å². The van der Waals surface area contributed by atoms with Crippen molar-refractivity contribution in [3.8, 4) is 0 Å². The quantitative estimate of drug-likeness (QED) is 0.277. The first-order valence-corrected chi connectivity index (χ1v) is 13.6. The monoisotopic (exact) mass is 619 g/mol. The average Bonchev–Trinajstić information content (AvgIpc) is 3.39. The second kappa shape index (κ2) is 15.3. The Morgan fingerprint density at radius 3 is 1.90 bits per heavy atom. The van der Waals surface area contributed by atoms with Crippen LogP contribution in [0.1, 0.15) is 29.5 Å².